The number of ketones is 1. The molecular weight excluding hydrogens is 270 g/mol. The van der Waals surface area contributed by atoms with E-state index in [4.69, 9.17) is 5.26 Å². The topological polar surface area (TPSA) is 99.1 Å². The molecule has 0 fully saturated rings. The molecule has 0 saturated carbocycles. The Morgan fingerprint density at radius 3 is 2.33 bits per heavy atom. The third-order valence-electron chi connectivity index (χ3n) is 2.67. The quantitative estimate of drug-likeness (QED) is 0.794. The molecule has 0 bridgehead atoms. The molecule has 0 spiro atoms. The lowest BCUT2D eigenvalue weighted by molar-refractivity contribution is -0.121. The molecule has 6 nitrogen and oxygen atoms in total. The van der Waals surface area contributed by atoms with Crippen LogP contribution in [0.4, 0.5) is 5.69 Å². The third kappa shape index (κ3) is 6.87. The predicted molar refractivity (Wildman–Crippen MR) is 77.1 cm³/mol. The van der Waals surface area contributed by atoms with Gasteiger partial charge in [-0.3, -0.25) is 9.59 Å². The van der Waals surface area contributed by atoms with Crippen LogP contribution >= 0.6 is 0 Å². The van der Waals surface area contributed by atoms with Gasteiger partial charge >= 0.3 is 0 Å². The Labute approximate surface area is 123 Å². The second-order valence-corrected chi connectivity index (χ2v) is 4.56. The van der Waals surface area contributed by atoms with E-state index < -0.39 is 0 Å². The molecule has 2 amide bonds. The normalized spacial score (nSPS) is 9.52. The van der Waals surface area contributed by atoms with Gasteiger partial charge in [0.2, 0.25) is 11.8 Å². The molecule has 21 heavy (non-hydrogen) atoms. The van der Waals surface area contributed by atoms with Gasteiger partial charge in [0, 0.05) is 25.1 Å². The predicted octanol–water partition coefficient (Wildman–Crippen LogP) is 1.52. The third-order valence-corrected chi connectivity index (χ3v) is 2.67. The van der Waals surface area contributed by atoms with Gasteiger partial charge in [-0.2, -0.15) is 5.26 Å². The van der Waals surface area contributed by atoms with E-state index in [2.05, 4.69) is 10.6 Å². The summed E-state index contributed by atoms with van der Waals surface area (Å²) in [7, 11) is 0. The lowest BCUT2D eigenvalue weighted by Gasteiger charge is -2.07. The number of anilines is 1. The fraction of sp³-hybridized carbons (Fsp3) is 0.333. The number of amides is 2. The minimum absolute atomic E-state index is 0.0198. The molecule has 0 aliphatic rings. The van der Waals surface area contributed by atoms with Crippen molar-refractivity contribution in [2.75, 3.05) is 5.32 Å². The molecule has 0 aromatic heterocycles. The van der Waals surface area contributed by atoms with E-state index >= 15 is 0 Å². The number of rotatable bonds is 7. The van der Waals surface area contributed by atoms with Crippen molar-refractivity contribution in [3.8, 4) is 6.07 Å². The fourth-order valence-corrected chi connectivity index (χ4v) is 1.55. The Morgan fingerprint density at radius 1 is 1.10 bits per heavy atom. The summed E-state index contributed by atoms with van der Waals surface area (Å²) < 4.78 is 0. The smallest absolute Gasteiger partial charge is 0.234 e. The summed E-state index contributed by atoms with van der Waals surface area (Å²) in [6.45, 7) is 1.78. The summed E-state index contributed by atoms with van der Waals surface area (Å²) in [5.41, 5.74) is 1.50. The van der Waals surface area contributed by atoms with Crippen LogP contribution < -0.4 is 10.6 Å². The highest BCUT2D eigenvalue weighted by molar-refractivity contribution is 5.93. The van der Waals surface area contributed by atoms with Gasteiger partial charge in [0.05, 0.1) is 6.07 Å². The van der Waals surface area contributed by atoms with Gasteiger partial charge in [-0.05, 0) is 24.6 Å². The maximum Gasteiger partial charge on any atom is 0.234 e. The molecule has 1 aromatic rings. The number of benzene rings is 1. The number of nitrogens with one attached hydrogen (secondary N) is 2. The van der Waals surface area contributed by atoms with E-state index in [1.165, 1.54) is 6.92 Å². The van der Waals surface area contributed by atoms with Crippen molar-refractivity contribution in [2.45, 2.75) is 32.7 Å². The van der Waals surface area contributed by atoms with Crippen molar-refractivity contribution in [2.24, 2.45) is 0 Å². The van der Waals surface area contributed by atoms with E-state index in [0.717, 1.165) is 5.56 Å². The first kappa shape index (κ1) is 16.4. The molecule has 0 radical (unpaired) electrons. The maximum atomic E-state index is 11.5. The van der Waals surface area contributed by atoms with Crippen molar-refractivity contribution in [1.29, 1.82) is 5.26 Å². The monoisotopic (exact) mass is 287 g/mol. The van der Waals surface area contributed by atoms with Crippen molar-refractivity contribution < 1.29 is 14.4 Å². The van der Waals surface area contributed by atoms with Crippen molar-refractivity contribution >= 4 is 23.3 Å². The first-order valence-electron chi connectivity index (χ1n) is 6.53. The Morgan fingerprint density at radius 2 is 1.76 bits per heavy atom. The molecule has 6 heteroatoms. The van der Waals surface area contributed by atoms with E-state index in [-0.39, 0.29) is 36.9 Å². The van der Waals surface area contributed by atoms with Gasteiger partial charge in [0.1, 0.15) is 12.2 Å². The number of Topliss-reactive ketones (excluding diaryl/α,β-unsaturated/α-hetero) is 1. The van der Waals surface area contributed by atoms with Gasteiger partial charge in [-0.15, -0.1) is 0 Å². The van der Waals surface area contributed by atoms with Crippen LogP contribution in [0, 0.1) is 11.3 Å². The van der Waals surface area contributed by atoms with Gasteiger partial charge in [-0.1, -0.05) is 12.1 Å². The standard InChI is InChI=1S/C15H17N3O3/c1-11(19)2-7-15(21)18-13-5-3-12(4-6-13)10-17-14(20)8-9-16/h3-6H,2,7-8,10H2,1H3,(H,17,20)(H,18,21). The van der Waals surface area contributed by atoms with Crippen molar-refractivity contribution in [3.05, 3.63) is 29.8 Å². The minimum atomic E-state index is -0.320. The molecule has 2 N–H and O–H groups in total. The van der Waals surface area contributed by atoms with Crippen LogP contribution in [-0.2, 0) is 20.9 Å². The van der Waals surface area contributed by atoms with Crippen LogP contribution in [0.25, 0.3) is 0 Å². The van der Waals surface area contributed by atoms with Gasteiger partial charge in [0.25, 0.3) is 0 Å². The van der Waals surface area contributed by atoms with E-state index in [1.54, 1.807) is 30.3 Å². The zero-order valence-electron chi connectivity index (χ0n) is 11.8. The summed E-state index contributed by atoms with van der Waals surface area (Å²) in [6.07, 6.45) is 0.237. The van der Waals surface area contributed by atoms with Crippen LogP contribution in [0.2, 0.25) is 0 Å². The van der Waals surface area contributed by atoms with E-state index in [9.17, 15) is 14.4 Å². The van der Waals surface area contributed by atoms with Gasteiger partial charge in [0.15, 0.2) is 0 Å². The van der Waals surface area contributed by atoms with Crippen LogP contribution in [0.5, 0.6) is 0 Å². The zero-order chi connectivity index (χ0) is 15.7. The molecular formula is C15H17N3O3. The minimum Gasteiger partial charge on any atom is -0.351 e. The molecule has 110 valence electrons. The molecule has 0 atom stereocenters. The number of nitriles is 1. The van der Waals surface area contributed by atoms with Gasteiger partial charge in [-0.25, -0.2) is 0 Å². The molecule has 0 unspecified atom stereocenters. The van der Waals surface area contributed by atoms with Crippen LogP contribution in [0.3, 0.4) is 0 Å². The highest BCUT2D eigenvalue weighted by Gasteiger charge is 2.04. The molecule has 0 saturated heterocycles. The summed E-state index contributed by atoms with van der Waals surface area (Å²) in [4.78, 5) is 33.5. The molecule has 1 aromatic carbocycles. The van der Waals surface area contributed by atoms with Crippen LogP contribution in [-0.4, -0.2) is 17.6 Å². The largest absolute Gasteiger partial charge is 0.351 e. The Bertz CT molecular complexity index is 559. The molecule has 0 heterocycles. The van der Waals surface area contributed by atoms with Crippen molar-refractivity contribution in [1.82, 2.24) is 5.32 Å². The Hall–Kier alpha value is -2.68. The zero-order valence-corrected chi connectivity index (χ0v) is 11.8. The number of carbonyl (C=O) groups excluding carboxylic acids is 3. The maximum absolute atomic E-state index is 11.5. The lowest BCUT2D eigenvalue weighted by atomic mass is 10.2. The van der Waals surface area contributed by atoms with E-state index in [1.807, 2.05) is 0 Å². The lowest BCUT2D eigenvalue weighted by Crippen LogP contribution is -2.21. The van der Waals surface area contributed by atoms with Gasteiger partial charge < -0.3 is 15.4 Å². The average Bonchev–Trinajstić information content (AvgIpc) is 2.45. The number of hydrogen-bond donors (Lipinski definition) is 2. The summed E-state index contributed by atoms with van der Waals surface area (Å²) in [5, 5.41) is 13.7. The Kier molecular flexibility index (Phi) is 6.61. The average molecular weight is 287 g/mol. The second kappa shape index (κ2) is 8.48. The first-order valence-corrected chi connectivity index (χ1v) is 6.53. The number of carbonyl (C=O) groups is 3. The molecule has 0 aliphatic heterocycles. The van der Waals surface area contributed by atoms with Crippen LogP contribution in [0.15, 0.2) is 24.3 Å². The number of nitrogens with zero attached hydrogens (tertiary/aromatic N) is 1. The highest BCUT2D eigenvalue weighted by Crippen LogP contribution is 2.10. The summed E-state index contributed by atoms with van der Waals surface area (Å²) >= 11 is 0. The number of hydrogen-bond acceptors (Lipinski definition) is 4. The van der Waals surface area contributed by atoms with E-state index in [0.29, 0.717) is 12.2 Å². The highest BCUT2D eigenvalue weighted by atomic mass is 16.2. The van der Waals surface area contributed by atoms with Crippen molar-refractivity contribution in [3.63, 3.8) is 0 Å². The summed E-state index contributed by atoms with van der Waals surface area (Å²) in [6, 6.07) is 8.75. The van der Waals surface area contributed by atoms with Crippen LogP contribution in [0.1, 0.15) is 31.7 Å². The molecule has 1 rings (SSSR count). The SMILES string of the molecule is CC(=O)CCC(=O)Nc1ccc(CNC(=O)CC#N)cc1. The summed E-state index contributed by atoms with van der Waals surface area (Å²) in [5.74, 6) is -0.548. The first-order chi connectivity index (χ1) is 10.0. The fourth-order valence-electron chi connectivity index (χ4n) is 1.55. The Balaban J connectivity index is 2.43. The second-order valence-electron chi connectivity index (χ2n) is 4.56. The molecule has 0 aliphatic carbocycles.